The quantitative estimate of drug-likeness (QED) is 0.769. The lowest BCUT2D eigenvalue weighted by Crippen LogP contribution is -2.06. The van der Waals surface area contributed by atoms with Gasteiger partial charge in [-0.2, -0.15) is 0 Å². The van der Waals surface area contributed by atoms with E-state index in [1.165, 1.54) is 0 Å². The van der Waals surface area contributed by atoms with Crippen molar-refractivity contribution in [2.24, 2.45) is 0 Å². The highest BCUT2D eigenvalue weighted by Gasteiger charge is 1.95. The van der Waals surface area contributed by atoms with Gasteiger partial charge in [-0.25, -0.2) is 4.98 Å². The van der Waals surface area contributed by atoms with Gasteiger partial charge in [-0.15, -0.1) is 0 Å². The van der Waals surface area contributed by atoms with Crippen LogP contribution >= 0.6 is 0 Å². The molecule has 2 rings (SSSR count). The number of anilines is 1. The highest BCUT2D eigenvalue weighted by Crippen LogP contribution is 2.13. The summed E-state index contributed by atoms with van der Waals surface area (Å²) < 4.78 is 0. The molecule has 14 heavy (non-hydrogen) atoms. The predicted octanol–water partition coefficient (Wildman–Crippen LogP) is 1.64. The maximum atomic E-state index is 8.65. The van der Waals surface area contributed by atoms with E-state index in [0.717, 1.165) is 16.7 Å². The summed E-state index contributed by atoms with van der Waals surface area (Å²) >= 11 is 0. The van der Waals surface area contributed by atoms with E-state index in [0.29, 0.717) is 6.54 Å². The third-order valence-corrected chi connectivity index (χ3v) is 2.02. The second kappa shape index (κ2) is 4.07. The number of rotatable bonds is 3. The van der Waals surface area contributed by atoms with E-state index in [1.807, 2.05) is 36.4 Å². The van der Waals surface area contributed by atoms with Crippen LogP contribution in [0.25, 0.3) is 10.9 Å². The third kappa shape index (κ3) is 1.83. The molecule has 0 aliphatic rings. The van der Waals surface area contributed by atoms with Gasteiger partial charge in [0.1, 0.15) is 5.82 Å². The lowest BCUT2D eigenvalue weighted by atomic mass is 10.2. The van der Waals surface area contributed by atoms with Crippen molar-refractivity contribution < 1.29 is 5.11 Å². The van der Waals surface area contributed by atoms with Crippen LogP contribution < -0.4 is 5.32 Å². The second-order valence-electron chi connectivity index (χ2n) is 3.04. The molecule has 0 bridgehead atoms. The average molecular weight is 188 g/mol. The fourth-order valence-electron chi connectivity index (χ4n) is 1.35. The highest BCUT2D eigenvalue weighted by atomic mass is 16.3. The number of pyridine rings is 1. The van der Waals surface area contributed by atoms with Crippen molar-refractivity contribution >= 4 is 16.7 Å². The molecule has 0 amide bonds. The number of para-hydroxylation sites is 1. The Hall–Kier alpha value is -1.61. The second-order valence-corrected chi connectivity index (χ2v) is 3.04. The van der Waals surface area contributed by atoms with Crippen LogP contribution in [0.15, 0.2) is 36.4 Å². The first-order chi connectivity index (χ1) is 6.90. The SMILES string of the molecule is OCCNc1ccc2ccccc2n1. The fourth-order valence-corrected chi connectivity index (χ4v) is 1.35. The van der Waals surface area contributed by atoms with Gasteiger partial charge in [0.2, 0.25) is 0 Å². The molecule has 0 saturated heterocycles. The summed E-state index contributed by atoms with van der Waals surface area (Å²) in [6.07, 6.45) is 0. The monoisotopic (exact) mass is 188 g/mol. The molecule has 0 fully saturated rings. The van der Waals surface area contributed by atoms with Gasteiger partial charge in [-0.3, -0.25) is 0 Å². The molecule has 1 heterocycles. The maximum absolute atomic E-state index is 8.65. The first-order valence-corrected chi connectivity index (χ1v) is 4.61. The van der Waals surface area contributed by atoms with E-state index in [-0.39, 0.29) is 6.61 Å². The van der Waals surface area contributed by atoms with Crippen LogP contribution in [-0.2, 0) is 0 Å². The van der Waals surface area contributed by atoms with Gasteiger partial charge in [0.05, 0.1) is 12.1 Å². The molecule has 0 unspecified atom stereocenters. The van der Waals surface area contributed by atoms with Gasteiger partial charge >= 0.3 is 0 Å². The Kier molecular flexibility index (Phi) is 2.60. The molecule has 0 radical (unpaired) electrons. The van der Waals surface area contributed by atoms with Crippen LogP contribution in [0.3, 0.4) is 0 Å². The zero-order chi connectivity index (χ0) is 9.80. The number of aliphatic hydroxyl groups is 1. The van der Waals surface area contributed by atoms with Crippen molar-refractivity contribution in [3.63, 3.8) is 0 Å². The number of hydrogen-bond acceptors (Lipinski definition) is 3. The molecule has 0 saturated carbocycles. The average Bonchev–Trinajstić information content (AvgIpc) is 2.26. The standard InChI is InChI=1S/C11H12N2O/c14-8-7-12-11-6-5-9-3-1-2-4-10(9)13-11/h1-6,14H,7-8H2,(H,12,13). The summed E-state index contributed by atoms with van der Waals surface area (Å²) in [4.78, 5) is 4.39. The summed E-state index contributed by atoms with van der Waals surface area (Å²) in [5.41, 5.74) is 0.968. The molecule has 0 aliphatic carbocycles. The Morgan fingerprint density at radius 1 is 1.14 bits per heavy atom. The van der Waals surface area contributed by atoms with E-state index in [2.05, 4.69) is 10.3 Å². The highest BCUT2D eigenvalue weighted by molar-refractivity contribution is 5.79. The number of aliphatic hydroxyl groups excluding tert-OH is 1. The minimum absolute atomic E-state index is 0.120. The largest absolute Gasteiger partial charge is 0.395 e. The van der Waals surface area contributed by atoms with Crippen LogP contribution in [0.5, 0.6) is 0 Å². The molecule has 0 atom stereocenters. The van der Waals surface area contributed by atoms with E-state index in [9.17, 15) is 0 Å². The molecular formula is C11H12N2O. The third-order valence-electron chi connectivity index (χ3n) is 2.02. The van der Waals surface area contributed by atoms with E-state index >= 15 is 0 Å². The Bertz CT molecular complexity index is 428. The van der Waals surface area contributed by atoms with Gasteiger partial charge in [-0.1, -0.05) is 18.2 Å². The summed E-state index contributed by atoms with van der Waals surface area (Å²) in [5.74, 6) is 0.803. The summed E-state index contributed by atoms with van der Waals surface area (Å²) in [5, 5.41) is 12.8. The van der Waals surface area contributed by atoms with Crippen LogP contribution in [0, 0.1) is 0 Å². The molecular weight excluding hydrogens is 176 g/mol. The number of hydrogen-bond donors (Lipinski definition) is 2. The van der Waals surface area contributed by atoms with Crippen molar-refractivity contribution in [1.29, 1.82) is 0 Å². The summed E-state index contributed by atoms with van der Waals surface area (Å²) in [6, 6.07) is 11.9. The minimum Gasteiger partial charge on any atom is -0.395 e. The molecule has 1 aromatic carbocycles. The Labute approximate surface area is 82.4 Å². The molecule has 0 spiro atoms. The molecule has 2 N–H and O–H groups in total. The normalized spacial score (nSPS) is 10.4. The van der Waals surface area contributed by atoms with Crippen LogP contribution in [0.1, 0.15) is 0 Å². The van der Waals surface area contributed by atoms with Gasteiger partial charge in [-0.05, 0) is 18.2 Å². The van der Waals surface area contributed by atoms with Crippen molar-refractivity contribution in [1.82, 2.24) is 4.98 Å². The van der Waals surface area contributed by atoms with E-state index in [1.54, 1.807) is 0 Å². The number of nitrogens with one attached hydrogen (secondary N) is 1. The molecule has 0 aliphatic heterocycles. The summed E-state index contributed by atoms with van der Waals surface area (Å²) in [6.45, 7) is 0.653. The Morgan fingerprint density at radius 3 is 2.86 bits per heavy atom. The van der Waals surface area contributed by atoms with E-state index < -0.39 is 0 Å². The molecule has 72 valence electrons. The van der Waals surface area contributed by atoms with Gasteiger partial charge in [0.15, 0.2) is 0 Å². The topological polar surface area (TPSA) is 45.1 Å². The van der Waals surface area contributed by atoms with Crippen molar-refractivity contribution in [3.8, 4) is 0 Å². The lowest BCUT2D eigenvalue weighted by molar-refractivity contribution is 0.311. The van der Waals surface area contributed by atoms with Gasteiger partial charge in [0, 0.05) is 11.9 Å². The Morgan fingerprint density at radius 2 is 2.00 bits per heavy atom. The number of fused-ring (bicyclic) bond motifs is 1. The number of benzene rings is 1. The van der Waals surface area contributed by atoms with Crippen LogP contribution in [0.4, 0.5) is 5.82 Å². The minimum atomic E-state index is 0.120. The first kappa shape index (κ1) is 8.97. The number of aromatic nitrogens is 1. The molecule has 3 heteroatoms. The predicted molar refractivity (Wildman–Crippen MR) is 57.3 cm³/mol. The van der Waals surface area contributed by atoms with Crippen LogP contribution in [0.2, 0.25) is 0 Å². The van der Waals surface area contributed by atoms with Crippen molar-refractivity contribution in [2.75, 3.05) is 18.5 Å². The molecule has 2 aromatic rings. The van der Waals surface area contributed by atoms with Crippen molar-refractivity contribution in [3.05, 3.63) is 36.4 Å². The zero-order valence-electron chi connectivity index (χ0n) is 7.77. The zero-order valence-corrected chi connectivity index (χ0v) is 7.77. The fraction of sp³-hybridized carbons (Fsp3) is 0.182. The van der Waals surface area contributed by atoms with Crippen LogP contribution in [-0.4, -0.2) is 23.2 Å². The number of nitrogens with zero attached hydrogens (tertiary/aromatic N) is 1. The van der Waals surface area contributed by atoms with E-state index in [4.69, 9.17) is 5.11 Å². The smallest absolute Gasteiger partial charge is 0.126 e. The maximum Gasteiger partial charge on any atom is 0.126 e. The molecule has 3 nitrogen and oxygen atoms in total. The Balaban J connectivity index is 2.32. The van der Waals surface area contributed by atoms with Gasteiger partial charge < -0.3 is 10.4 Å². The summed E-state index contributed by atoms with van der Waals surface area (Å²) in [7, 11) is 0. The molecule has 1 aromatic heterocycles. The van der Waals surface area contributed by atoms with Gasteiger partial charge in [0.25, 0.3) is 0 Å². The van der Waals surface area contributed by atoms with Crippen molar-refractivity contribution in [2.45, 2.75) is 0 Å². The lowest BCUT2D eigenvalue weighted by Gasteiger charge is -2.04. The first-order valence-electron chi connectivity index (χ1n) is 4.61.